The highest BCUT2D eigenvalue weighted by Crippen LogP contribution is 2.00. The number of rotatable bonds is 18. The van der Waals surface area contributed by atoms with Crippen molar-refractivity contribution in [2.45, 2.75) is 0 Å². The van der Waals surface area contributed by atoms with Crippen LogP contribution in [0.1, 0.15) is 0 Å². The smallest absolute Gasteiger partial charge is 0.334 e. The lowest BCUT2D eigenvalue weighted by atomic mass is 10.4. The molecule has 0 aromatic rings. The van der Waals surface area contributed by atoms with Crippen molar-refractivity contribution in [3.63, 3.8) is 0 Å². The molecule has 11 nitrogen and oxygen atoms in total. The van der Waals surface area contributed by atoms with Crippen LogP contribution in [0.3, 0.4) is 0 Å². The first-order valence-corrected chi connectivity index (χ1v) is 13.2. The summed E-state index contributed by atoms with van der Waals surface area (Å²) >= 11 is 0. The van der Waals surface area contributed by atoms with Gasteiger partial charge in [0.15, 0.2) is 19.7 Å². The molecule has 0 radical (unpaired) electrons. The van der Waals surface area contributed by atoms with Crippen molar-refractivity contribution in [3.8, 4) is 0 Å². The van der Waals surface area contributed by atoms with Gasteiger partial charge in [0, 0.05) is 23.7 Å². The van der Waals surface area contributed by atoms with E-state index in [-0.39, 0.29) is 64.0 Å². The number of sulfone groups is 2. The Balaban J connectivity index is 3.53. The van der Waals surface area contributed by atoms with Crippen LogP contribution in [0.5, 0.6) is 0 Å². The van der Waals surface area contributed by atoms with E-state index in [1.807, 2.05) is 0 Å². The van der Waals surface area contributed by atoms with E-state index in [0.717, 1.165) is 12.5 Å². The van der Waals surface area contributed by atoms with E-state index in [4.69, 9.17) is 23.7 Å². The fraction of sp³-hybridized carbons (Fsp3) is 0.667. The molecule has 0 atom stereocenters. The molecule has 0 heterocycles. The van der Waals surface area contributed by atoms with E-state index < -0.39 is 43.1 Å². The van der Waals surface area contributed by atoms with Crippen LogP contribution in [0.4, 0.5) is 0 Å². The quantitative estimate of drug-likeness (QED) is 0.138. The van der Waals surface area contributed by atoms with Gasteiger partial charge in [-0.15, -0.1) is 0 Å². The number of hydrogen-bond acceptors (Lipinski definition) is 11. The van der Waals surface area contributed by atoms with E-state index in [1.165, 1.54) is 0 Å². The highest BCUT2D eigenvalue weighted by Gasteiger charge is 2.15. The number of ether oxygens (including phenoxy) is 5. The Morgan fingerprint density at radius 3 is 1.10 bits per heavy atom. The first kappa shape index (κ1) is 29.2. The molecule has 180 valence electrons. The molecule has 0 aromatic heterocycles. The van der Waals surface area contributed by atoms with E-state index in [1.54, 1.807) is 0 Å². The highest BCUT2D eigenvalue weighted by molar-refractivity contribution is 7.91. The molecule has 0 spiro atoms. The molecule has 0 amide bonds. The molecule has 0 aromatic carbocycles. The minimum atomic E-state index is -3.34. The average molecular weight is 487 g/mol. The van der Waals surface area contributed by atoms with Gasteiger partial charge in [-0.1, -0.05) is 13.2 Å². The molecule has 0 aliphatic carbocycles. The predicted octanol–water partition coefficient (Wildman–Crippen LogP) is -0.676. The number of hydrogen-bond donors (Lipinski definition) is 0. The normalized spacial score (nSPS) is 11.7. The molecule has 0 fully saturated rings. The van der Waals surface area contributed by atoms with E-state index in [2.05, 4.69) is 13.2 Å². The molecule has 0 rings (SSSR count). The maximum atomic E-state index is 11.5. The van der Waals surface area contributed by atoms with Gasteiger partial charge in [0.1, 0.15) is 13.2 Å². The topological polar surface area (TPSA) is 149 Å². The Hall–Kier alpha value is -1.80. The molecule has 13 heteroatoms. The van der Waals surface area contributed by atoms with Crippen LogP contribution >= 0.6 is 0 Å². The number of carbonyl (C=O) groups is 2. The van der Waals surface area contributed by atoms with Crippen molar-refractivity contribution in [2.24, 2.45) is 0 Å². The largest absolute Gasteiger partial charge is 0.460 e. The third-order valence-corrected chi connectivity index (χ3v) is 4.86. The van der Waals surface area contributed by atoms with Crippen molar-refractivity contribution in [1.82, 2.24) is 0 Å². The van der Waals surface area contributed by atoms with E-state index in [0.29, 0.717) is 0 Å². The van der Waals surface area contributed by atoms with Crippen LogP contribution < -0.4 is 0 Å². The van der Waals surface area contributed by atoms with E-state index >= 15 is 0 Å². The third-order valence-electron chi connectivity index (χ3n) is 3.12. The standard InChI is InChI=1S/C18H30O11S2/c1-15(13-30(3,21)22)17(19)28-11-9-26-7-5-25-6-8-27-10-12-29-18(20)16(2)14-31(4,23)24/h1-2,5-14H2,3-4H3. The van der Waals surface area contributed by atoms with Gasteiger partial charge < -0.3 is 23.7 Å². The van der Waals surface area contributed by atoms with Gasteiger partial charge in [0.2, 0.25) is 0 Å². The Kier molecular flexibility index (Phi) is 14.2. The Labute approximate surface area is 183 Å². The summed E-state index contributed by atoms with van der Waals surface area (Å²) in [5.74, 6) is -2.48. The lowest BCUT2D eigenvalue weighted by Gasteiger charge is -2.09. The summed E-state index contributed by atoms with van der Waals surface area (Å²) < 4.78 is 69.5. The molecule has 0 saturated carbocycles. The third kappa shape index (κ3) is 18.7. The Morgan fingerprint density at radius 2 is 0.839 bits per heavy atom. The average Bonchev–Trinajstić information content (AvgIpc) is 2.62. The Morgan fingerprint density at radius 1 is 0.581 bits per heavy atom. The molecular formula is C18H30O11S2. The van der Waals surface area contributed by atoms with Crippen molar-refractivity contribution >= 4 is 31.6 Å². The van der Waals surface area contributed by atoms with Crippen LogP contribution in [0, 0.1) is 0 Å². The van der Waals surface area contributed by atoms with Crippen molar-refractivity contribution in [1.29, 1.82) is 0 Å². The maximum absolute atomic E-state index is 11.5. The van der Waals surface area contributed by atoms with Crippen LogP contribution in [0.25, 0.3) is 0 Å². The summed E-state index contributed by atoms with van der Waals surface area (Å²) in [6.45, 7) is 7.95. The van der Waals surface area contributed by atoms with Crippen molar-refractivity contribution in [3.05, 3.63) is 24.3 Å². The zero-order valence-corrected chi connectivity index (χ0v) is 19.4. The first-order chi connectivity index (χ1) is 14.3. The predicted molar refractivity (Wildman–Crippen MR) is 112 cm³/mol. The van der Waals surface area contributed by atoms with Gasteiger partial charge in [0.25, 0.3) is 0 Å². The zero-order valence-electron chi connectivity index (χ0n) is 17.8. The molecule has 0 aliphatic heterocycles. The zero-order chi connectivity index (χ0) is 23.9. The van der Waals surface area contributed by atoms with Gasteiger partial charge >= 0.3 is 11.9 Å². The molecule has 0 aliphatic rings. The molecule has 0 unspecified atom stereocenters. The second-order valence-electron chi connectivity index (χ2n) is 6.46. The van der Waals surface area contributed by atoms with Crippen LogP contribution in [0.15, 0.2) is 24.3 Å². The van der Waals surface area contributed by atoms with Crippen molar-refractivity contribution in [2.75, 3.05) is 76.9 Å². The summed E-state index contributed by atoms with van der Waals surface area (Å²) in [5.41, 5.74) is -0.279. The van der Waals surface area contributed by atoms with Crippen molar-refractivity contribution < 1.29 is 50.1 Å². The molecule has 0 N–H and O–H groups in total. The maximum Gasteiger partial charge on any atom is 0.334 e. The molecular weight excluding hydrogens is 456 g/mol. The van der Waals surface area contributed by atoms with Gasteiger partial charge in [-0.2, -0.15) is 0 Å². The van der Waals surface area contributed by atoms with Gasteiger partial charge in [-0.25, -0.2) is 26.4 Å². The minimum absolute atomic E-state index is 0.0416. The first-order valence-electron chi connectivity index (χ1n) is 9.10. The monoisotopic (exact) mass is 486 g/mol. The van der Waals surface area contributed by atoms with Gasteiger partial charge in [0.05, 0.1) is 51.1 Å². The molecule has 0 saturated heterocycles. The highest BCUT2D eigenvalue weighted by atomic mass is 32.2. The molecule has 0 bridgehead atoms. The second-order valence-corrected chi connectivity index (χ2v) is 10.7. The fourth-order valence-corrected chi connectivity index (χ4v) is 3.39. The number of carbonyl (C=O) groups excluding carboxylic acids is 2. The summed E-state index contributed by atoms with van der Waals surface area (Å²) in [6, 6.07) is 0. The van der Waals surface area contributed by atoms with E-state index in [9.17, 15) is 26.4 Å². The Bertz CT molecular complexity index is 745. The summed E-state index contributed by atoms with van der Waals surface area (Å²) in [4.78, 5) is 23.0. The fourth-order valence-electron chi connectivity index (χ4n) is 1.88. The lowest BCUT2D eigenvalue weighted by molar-refractivity contribution is -0.141. The van der Waals surface area contributed by atoms with Gasteiger partial charge in [-0.3, -0.25) is 0 Å². The minimum Gasteiger partial charge on any atom is -0.460 e. The second kappa shape index (κ2) is 15.1. The van der Waals surface area contributed by atoms with Crippen LogP contribution in [-0.2, 0) is 52.9 Å². The lowest BCUT2D eigenvalue weighted by Crippen LogP contribution is -2.18. The SMILES string of the molecule is C=C(CS(C)(=O)=O)C(=O)OCCOCCOCCOCCOC(=O)C(=C)CS(C)(=O)=O. The number of esters is 2. The summed E-state index contributed by atoms with van der Waals surface area (Å²) in [5, 5.41) is 0. The van der Waals surface area contributed by atoms with Gasteiger partial charge in [-0.05, 0) is 0 Å². The van der Waals surface area contributed by atoms with Crippen LogP contribution in [-0.4, -0.2) is 106 Å². The molecule has 31 heavy (non-hydrogen) atoms. The van der Waals surface area contributed by atoms with Crippen LogP contribution in [0.2, 0.25) is 0 Å². The summed E-state index contributed by atoms with van der Waals surface area (Å²) in [6.07, 6.45) is 1.99. The summed E-state index contributed by atoms with van der Waals surface area (Å²) in [7, 11) is -6.68.